The highest BCUT2D eigenvalue weighted by Crippen LogP contribution is 2.42. The lowest BCUT2D eigenvalue weighted by Crippen LogP contribution is -2.10. The number of hydrogen-bond donors (Lipinski definition) is 0. The Morgan fingerprint density at radius 3 is 2.44 bits per heavy atom. The topological polar surface area (TPSA) is 46.2 Å². The summed E-state index contributed by atoms with van der Waals surface area (Å²) in [5.41, 5.74) is 6.65. The van der Waals surface area contributed by atoms with Crippen molar-refractivity contribution in [3.63, 3.8) is 0 Å². The highest BCUT2D eigenvalue weighted by molar-refractivity contribution is 6.24. The van der Waals surface area contributed by atoms with Crippen molar-refractivity contribution in [2.24, 2.45) is 0 Å². The lowest BCUT2D eigenvalue weighted by molar-refractivity contribution is 0.591. The van der Waals surface area contributed by atoms with E-state index in [2.05, 4.69) is 72.7 Å². The number of rotatable bonds is 1. The van der Waals surface area contributed by atoms with E-state index in [4.69, 9.17) is 11.0 Å². The van der Waals surface area contributed by atoms with E-state index in [0.717, 1.165) is 49.4 Å². The van der Waals surface area contributed by atoms with Crippen LogP contribution in [0.15, 0.2) is 77.2 Å². The van der Waals surface area contributed by atoms with Crippen LogP contribution < -0.4 is 0 Å². The van der Waals surface area contributed by atoms with Gasteiger partial charge in [0.2, 0.25) is 0 Å². The second kappa shape index (κ2) is 6.98. The molecule has 0 bridgehead atoms. The van der Waals surface area contributed by atoms with Crippen LogP contribution in [0, 0.1) is 17.9 Å². The van der Waals surface area contributed by atoms with Crippen LogP contribution in [-0.4, -0.2) is 4.57 Å². The Kier molecular flexibility index (Phi) is 4.12. The van der Waals surface area contributed by atoms with E-state index in [9.17, 15) is 5.26 Å². The largest absolute Gasteiger partial charge is 0.455 e. The first-order chi connectivity index (χ1) is 16.4. The Bertz CT molecular complexity index is 1830. The number of nitriles is 1. The first-order valence-corrected chi connectivity index (χ1v) is 11.2. The molecule has 162 valence electrons. The number of aromatic nitrogens is 1. The van der Waals surface area contributed by atoms with Gasteiger partial charge in [0.25, 0.3) is 0 Å². The van der Waals surface area contributed by atoms with Crippen molar-refractivity contribution in [2.75, 3.05) is 0 Å². The predicted molar refractivity (Wildman–Crippen MR) is 138 cm³/mol. The first-order valence-electron chi connectivity index (χ1n) is 11.2. The fraction of sp³-hybridized carbons (Fsp3) is 0.133. The van der Waals surface area contributed by atoms with Gasteiger partial charge in [0.1, 0.15) is 11.2 Å². The Balaban J connectivity index is 1.83. The molecule has 2 aromatic heterocycles. The van der Waals surface area contributed by atoms with Crippen LogP contribution in [0.1, 0.15) is 31.9 Å². The molecule has 0 saturated heterocycles. The molecule has 0 saturated carbocycles. The molecule has 0 fully saturated rings. The van der Waals surface area contributed by atoms with E-state index in [1.165, 1.54) is 5.56 Å². The van der Waals surface area contributed by atoms with Crippen molar-refractivity contribution in [3.8, 4) is 11.8 Å². The van der Waals surface area contributed by atoms with E-state index in [1.54, 1.807) is 6.07 Å². The van der Waals surface area contributed by atoms with E-state index >= 15 is 0 Å². The molecule has 0 amide bonds. The smallest absolute Gasteiger partial charge is 0.190 e. The third kappa shape index (κ3) is 2.83. The fourth-order valence-electron chi connectivity index (χ4n) is 4.88. The molecule has 0 N–H and O–H groups in total. The van der Waals surface area contributed by atoms with Crippen LogP contribution in [0.2, 0.25) is 0 Å². The number of hydrogen-bond acceptors (Lipinski definition) is 2. The number of para-hydroxylation sites is 1. The standard InChI is InChI=1S/C30H21N3O/c1-30(2,3)19-9-11-25-24(15-19)28-26(33(25)21-14-18(17-31)13-20(16-21)32-4)12-10-23-22-7-5-6-8-27(22)34-29(23)28/h5-16H,1-3H3. The van der Waals surface area contributed by atoms with Gasteiger partial charge in [-0.05, 0) is 59.5 Å². The number of benzene rings is 4. The first kappa shape index (κ1) is 20.1. The normalized spacial score (nSPS) is 11.9. The quantitative estimate of drug-likeness (QED) is 0.241. The number of furan rings is 1. The molecule has 6 aromatic rings. The number of fused-ring (bicyclic) bond motifs is 7. The predicted octanol–water partition coefficient (Wildman–Crippen LogP) is 8.40. The summed E-state index contributed by atoms with van der Waals surface area (Å²) in [6.07, 6.45) is 0. The fourth-order valence-corrected chi connectivity index (χ4v) is 4.88. The van der Waals surface area contributed by atoms with Crippen LogP contribution in [0.5, 0.6) is 0 Å². The van der Waals surface area contributed by atoms with Crippen molar-refractivity contribution < 1.29 is 4.42 Å². The van der Waals surface area contributed by atoms with E-state index in [-0.39, 0.29) is 5.41 Å². The van der Waals surface area contributed by atoms with Gasteiger partial charge in [-0.1, -0.05) is 45.0 Å². The molecule has 0 unspecified atom stereocenters. The highest BCUT2D eigenvalue weighted by Gasteiger charge is 2.21. The minimum atomic E-state index is -0.0115. The van der Waals surface area contributed by atoms with Gasteiger partial charge in [-0.25, -0.2) is 4.85 Å². The van der Waals surface area contributed by atoms with Crippen molar-refractivity contribution in [1.29, 1.82) is 5.26 Å². The van der Waals surface area contributed by atoms with Crippen LogP contribution >= 0.6 is 0 Å². The molecule has 0 radical (unpaired) electrons. The second-order valence-corrected chi connectivity index (χ2v) is 9.71. The molecule has 6 rings (SSSR count). The monoisotopic (exact) mass is 439 g/mol. The lowest BCUT2D eigenvalue weighted by Gasteiger charge is -2.19. The maximum Gasteiger partial charge on any atom is 0.190 e. The zero-order chi connectivity index (χ0) is 23.6. The Morgan fingerprint density at radius 2 is 1.68 bits per heavy atom. The summed E-state index contributed by atoms with van der Waals surface area (Å²) in [5.74, 6) is 0. The van der Waals surface area contributed by atoms with Gasteiger partial charge in [0.05, 0.1) is 29.1 Å². The third-order valence-electron chi connectivity index (χ3n) is 6.56. The molecule has 4 aromatic carbocycles. The molecule has 4 nitrogen and oxygen atoms in total. The molecule has 0 aliphatic heterocycles. The molecule has 34 heavy (non-hydrogen) atoms. The summed E-state index contributed by atoms with van der Waals surface area (Å²) in [6.45, 7) is 14.2. The van der Waals surface area contributed by atoms with Crippen LogP contribution in [-0.2, 0) is 5.41 Å². The van der Waals surface area contributed by atoms with E-state index in [1.807, 2.05) is 30.3 Å². The molecule has 0 atom stereocenters. The maximum absolute atomic E-state index is 9.58. The van der Waals surface area contributed by atoms with Crippen LogP contribution in [0.4, 0.5) is 5.69 Å². The Hall–Kier alpha value is -4.54. The molecular formula is C30H21N3O. The SMILES string of the molecule is [C-]#[N+]c1cc(C#N)cc(-n2c3ccc(C(C)(C)C)cc3c3c4oc5ccccc5c4ccc32)c1. The van der Waals surface area contributed by atoms with Gasteiger partial charge in [0.15, 0.2) is 5.69 Å². The van der Waals surface area contributed by atoms with Gasteiger partial charge in [-0.3, -0.25) is 0 Å². The van der Waals surface area contributed by atoms with E-state index in [0.29, 0.717) is 11.3 Å². The Morgan fingerprint density at radius 1 is 0.882 bits per heavy atom. The molecule has 0 aliphatic carbocycles. The maximum atomic E-state index is 9.58. The average molecular weight is 440 g/mol. The molecular weight excluding hydrogens is 418 g/mol. The van der Waals surface area contributed by atoms with Crippen molar-refractivity contribution in [3.05, 3.63) is 95.3 Å². The van der Waals surface area contributed by atoms with Crippen molar-refractivity contribution in [1.82, 2.24) is 4.57 Å². The van der Waals surface area contributed by atoms with Gasteiger partial charge in [-0.2, -0.15) is 5.26 Å². The molecule has 0 aliphatic rings. The zero-order valence-corrected chi connectivity index (χ0v) is 19.2. The van der Waals surface area contributed by atoms with Crippen LogP contribution in [0.3, 0.4) is 0 Å². The third-order valence-corrected chi connectivity index (χ3v) is 6.56. The second-order valence-electron chi connectivity index (χ2n) is 9.71. The van der Waals surface area contributed by atoms with E-state index < -0.39 is 0 Å². The summed E-state index contributed by atoms with van der Waals surface area (Å²) < 4.78 is 8.56. The molecule has 4 heteroatoms. The number of nitrogens with zero attached hydrogens (tertiary/aromatic N) is 3. The summed E-state index contributed by atoms with van der Waals surface area (Å²) in [5, 5.41) is 13.9. The average Bonchev–Trinajstić information content (AvgIpc) is 3.38. The minimum absolute atomic E-state index is 0.0115. The summed E-state index contributed by atoms with van der Waals surface area (Å²) in [4.78, 5) is 3.60. The molecule has 0 spiro atoms. The van der Waals surface area contributed by atoms with Gasteiger partial charge in [-0.15, -0.1) is 0 Å². The Labute approximate surface area is 197 Å². The van der Waals surface area contributed by atoms with Crippen molar-refractivity contribution >= 4 is 49.4 Å². The zero-order valence-electron chi connectivity index (χ0n) is 19.2. The lowest BCUT2D eigenvalue weighted by atomic mass is 9.86. The molecule has 2 heterocycles. The summed E-state index contributed by atoms with van der Waals surface area (Å²) >= 11 is 0. The minimum Gasteiger partial charge on any atom is -0.455 e. The van der Waals surface area contributed by atoms with Gasteiger partial charge in [0, 0.05) is 27.4 Å². The van der Waals surface area contributed by atoms with Crippen molar-refractivity contribution in [2.45, 2.75) is 26.2 Å². The van der Waals surface area contributed by atoms with Gasteiger partial charge >= 0.3 is 0 Å². The van der Waals surface area contributed by atoms with Crippen LogP contribution in [0.25, 0.3) is 54.3 Å². The highest BCUT2D eigenvalue weighted by atomic mass is 16.3. The van der Waals surface area contributed by atoms with Gasteiger partial charge < -0.3 is 8.98 Å². The summed E-state index contributed by atoms with van der Waals surface area (Å²) in [6, 6.07) is 26.4. The summed E-state index contributed by atoms with van der Waals surface area (Å²) in [7, 11) is 0.